The molecule has 1 amide bonds. The predicted octanol–water partition coefficient (Wildman–Crippen LogP) is 0.232. The van der Waals surface area contributed by atoms with Gasteiger partial charge < -0.3 is 15.0 Å². The summed E-state index contributed by atoms with van der Waals surface area (Å²) < 4.78 is 5.47. The molecule has 1 saturated heterocycles. The van der Waals surface area contributed by atoms with E-state index in [0.717, 1.165) is 13.1 Å². The predicted molar refractivity (Wildman–Crippen MR) is 55.1 cm³/mol. The molecular weight excluding hydrogens is 180 g/mol. The molecule has 4 heteroatoms. The molecule has 1 N–H and O–H groups in total. The number of carbonyl (C=O) groups is 1. The van der Waals surface area contributed by atoms with Crippen LogP contribution in [0.1, 0.15) is 20.3 Å². The van der Waals surface area contributed by atoms with Gasteiger partial charge in [0.2, 0.25) is 5.91 Å². The zero-order valence-electron chi connectivity index (χ0n) is 9.25. The molecule has 14 heavy (non-hydrogen) atoms. The summed E-state index contributed by atoms with van der Waals surface area (Å²) in [6, 6.07) is 0.218. The fourth-order valence-electron chi connectivity index (χ4n) is 1.63. The Morgan fingerprint density at radius 2 is 2.29 bits per heavy atom. The first-order chi connectivity index (χ1) is 6.65. The van der Waals surface area contributed by atoms with Crippen molar-refractivity contribution < 1.29 is 9.53 Å². The molecule has 0 aromatic rings. The van der Waals surface area contributed by atoms with E-state index in [4.69, 9.17) is 4.74 Å². The summed E-state index contributed by atoms with van der Waals surface area (Å²) in [7, 11) is 1.86. The SMILES string of the molecule is CNCCC(=O)N1CC(C)OCC1C. The molecule has 2 atom stereocenters. The van der Waals surface area contributed by atoms with E-state index in [-0.39, 0.29) is 18.1 Å². The molecule has 1 aliphatic heterocycles. The van der Waals surface area contributed by atoms with Crippen LogP contribution in [0.5, 0.6) is 0 Å². The molecule has 1 heterocycles. The highest BCUT2D eigenvalue weighted by Gasteiger charge is 2.26. The van der Waals surface area contributed by atoms with E-state index in [1.54, 1.807) is 0 Å². The van der Waals surface area contributed by atoms with Crippen LogP contribution in [0, 0.1) is 0 Å². The molecule has 4 nitrogen and oxygen atoms in total. The van der Waals surface area contributed by atoms with Gasteiger partial charge in [0.15, 0.2) is 0 Å². The Morgan fingerprint density at radius 3 is 2.93 bits per heavy atom. The zero-order chi connectivity index (χ0) is 10.6. The topological polar surface area (TPSA) is 41.6 Å². The lowest BCUT2D eigenvalue weighted by atomic mass is 10.2. The summed E-state index contributed by atoms with van der Waals surface area (Å²) in [6.45, 7) is 6.17. The molecule has 2 unspecified atom stereocenters. The van der Waals surface area contributed by atoms with Crippen LogP contribution in [-0.2, 0) is 9.53 Å². The van der Waals surface area contributed by atoms with Crippen molar-refractivity contribution in [1.82, 2.24) is 10.2 Å². The number of morpholine rings is 1. The smallest absolute Gasteiger partial charge is 0.224 e. The van der Waals surface area contributed by atoms with Crippen molar-refractivity contribution >= 4 is 5.91 Å². The fourth-order valence-corrected chi connectivity index (χ4v) is 1.63. The summed E-state index contributed by atoms with van der Waals surface area (Å²) in [5.41, 5.74) is 0. The van der Waals surface area contributed by atoms with Gasteiger partial charge in [-0.3, -0.25) is 4.79 Å². The Bertz CT molecular complexity index is 197. The van der Waals surface area contributed by atoms with Crippen LogP contribution < -0.4 is 5.32 Å². The zero-order valence-corrected chi connectivity index (χ0v) is 9.25. The lowest BCUT2D eigenvalue weighted by Crippen LogP contribution is -2.50. The molecule has 1 fully saturated rings. The third-order valence-corrected chi connectivity index (χ3v) is 2.52. The molecule has 1 rings (SSSR count). The summed E-state index contributed by atoms with van der Waals surface area (Å²) in [4.78, 5) is 13.7. The normalized spacial score (nSPS) is 27.8. The number of nitrogens with zero attached hydrogens (tertiary/aromatic N) is 1. The van der Waals surface area contributed by atoms with Gasteiger partial charge in [-0.25, -0.2) is 0 Å². The molecular formula is C10H20N2O2. The fraction of sp³-hybridized carbons (Fsp3) is 0.900. The standard InChI is InChI=1S/C10H20N2O2/c1-8-7-14-9(2)6-12(8)10(13)4-5-11-3/h8-9,11H,4-7H2,1-3H3. The molecule has 0 aromatic heterocycles. The Hall–Kier alpha value is -0.610. The first-order valence-electron chi connectivity index (χ1n) is 5.20. The Kier molecular flexibility index (Phi) is 4.35. The average molecular weight is 200 g/mol. The van der Waals surface area contributed by atoms with Crippen LogP contribution in [0.25, 0.3) is 0 Å². The van der Waals surface area contributed by atoms with E-state index in [0.29, 0.717) is 13.0 Å². The number of rotatable bonds is 3. The Labute approximate surface area is 85.6 Å². The molecule has 0 spiro atoms. The number of ether oxygens (including phenoxy) is 1. The van der Waals surface area contributed by atoms with Gasteiger partial charge in [0.1, 0.15) is 0 Å². The molecule has 1 aliphatic rings. The van der Waals surface area contributed by atoms with Crippen molar-refractivity contribution in [2.24, 2.45) is 0 Å². The van der Waals surface area contributed by atoms with Crippen molar-refractivity contribution in [2.45, 2.75) is 32.4 Å². The van der Waals surface area contributed by atoms with Gasteiger partial charge in [0.25, 0.3) is 0 Å². The van der Waals surface area contributed by atoms with E-state index >= 15 is 0 Å². The van der Waals surface area contributed by atoms with Gasteiger partial charge in [0.05, 0.1) is 18.8 Å². The minimum atomic E-state index is 0.171. The second-order valence-corrected chi connectivity index (χ2v) is 3.89. The molecule has 0 bridgehead atoms. The molecule has 0 radical (unpaired) electrons. The van der Waals surface area contributed by atoms with Crippen LogP contribution in [0.2, 0.25) is 0 Å². The lowest BCUT2D eigenvalue weighted by molar-refractivity contribution is -0.143. The number of amides is 1. The lowest BCUT2D eigenvalue weighted by Gasteiger charge is -2.36. The maximum atomic E-state index is 11.7. The van der Waals surface area contributed by atoms with Crippen LogP contribution in [0.4, 0.5) is 0 Å². The molecule has 0 aliphatic carbocycles. The van der Waals surface area contributed by atoms with Crippen LogP contribution >= 0.6 is 0 Å². The maximum absolute atomic E-state index is 11.7. The van der Waals surface area contributed by atoms with Crippen molar-refractivity contribution in [3.05, 3.63) is 0 Å². The summed E-state index contributed by atoms with van der Waals surface area (Å²) in [5.74, 6) is 0.224. The third kappa shape index (κ3) is 2.96. The average Bonchev–Trinajstić information content (AvgIpc) is 2.18. The number of carbonyl (C=O) groups excluding carboxylic acids is 1. The highest BCUT2D eigenvalue weighted by molar-refractivity contribution is 5.76. The highest BCUT2D eigenvalue weighted by atomic mass is 16.5. The second kappa shape index (κ2) is 5.32. The van der Waals surface area contributed by atoms with E-state index in [2.05, 4.69) is 5.32 Å². The second-order valence-electron chi connectivity index (χ2n) is 3.89. The first-order valence-corrected chi connectivity index (χ1v) is 5.20. The van der Waals surface area contributed by atoms with E-state index in [9.17, 15) is 4.79 Å². The van der Waals surface area contributed by atoms with Crippen LogP contribution in [-0.4, -0.2) is 49.7 Å². The van der Waals surface area contributed by atoms with Gasteiger partial charge in [0, 0.05) is 19.5 Å². The minimum absolute atomic E-state index is 0.171. The van der Waals surface area contributed by atoms with Crippen molar-refractivity contribution in [2.75, 3.05) is 26.7 Å². The highest BCUT2D eigenvalue weighted by Crippen LogP contribution is 2.12. The van der Waals surface area contributed by atoms with Crippen molar-refractivity contribution in [3.63, 3.8) is 0 Å². The quantitative estimate of drug-likeness (QED) is 0.709. The maximum Gasteiger partial charge on any atom is 0.224 e. The van der Waals surface area contributed by atoms with Crippen LogP contribution in [0.3, 0.4) is 0 Å². The monoisotopic (exact) mass is 200 g/mol. The van der Waals surface area contributed by atoms with E-state index in [1.807, 2.05) is 25.8 Å². The Morgan fingerprint density at radius 1 is 1.57 bits per heavy atom. The van der Waals surface area contributed by atoms with Gasteiger partial charge in [-0.05, 0) is 20.9 Å². The number of hydrogen-bond donors (Lipinski definition) is 1. The summed E-state index contributed by atoms with van der Waals surface area (Å²) in [6.07, 6.45) is 0.748. The molecule has 0 saturated carbocycles. The van der Waals surface area contributed by atoms with Gasteiger partial charge >= 0.3 is 0 Å². The minimum Gasteiger partial charge on any atom is -0.375 e. The summed E-state index contributed by atoms with van der Waals surface area (Å²) >= 11 is 0. The van der Waals surface area contributed by atoms with Gasteiger partial charge in [-0.2, -0.15) is 0 Å². The van der Waals surface area contributed by atoms with Crippen LogP contribution in [0.15, 0.2) is 0 Å². The summed E-state index contributed by atoms with van der Waals surface area (Å²) in [5, 5.41) is 2.98. The third-order valence-electron chi connectivity index (χ3n) is 2.52. The first kappa shape index (κ1) is 11.5. The molecule has 82 valence electrons. The van der Waals surface area contributed by atoms with E-state index in [1.165, 1.54) is 0 Å². The van der Waals surface area contributed by atoms with Crippen molar-refractivity contribution in [1.29, 1.82) is 0 Å². The van der Waals surface area contributed by atoms with Gasteiger partial charge in [-0.1, -0.05) is 0 Å². The van der Waals surface area contributed by atoms with Gasteiger partial charge in [-0.15, -0.1) is 0 Å². The number of nitrogens with one attached hydrogen (secondary N) is 1. The Balaban J connectivity index is 2.43. The van der Waals surface area contributed by atoms with Crippen molar-refractivity contribution in [3.8, 4) is 0 Å². The molecule has 0 aromatic carbocycles. The number of hydrogen-bond acceptors (Lipinski definition) is 3. The largest absolute Gasteiger partial charge is 0.375 e. The van der Waals surface area contributed by atoms with E-state index < -0.39 is 0 Å².